The maximum atomic E-state index is 12.4. The number of nitrogens with one attached hydrogen (secondary N) is 1. The molecule has 98 valence electrons. The molecule has 2 rings (SSSR count). The molecule has 0 spiro atoms. The van der Waals surface area contributed by atoms with Crippen molar-refractivity contribution in [2.45, 2.75) is 18.6 Å². The third kappa shape index (κ3) is 2.48. The Kier molecular flexibility index (Phi) is 3.30. The van der Waals surface area contributed by atoms with Gasteiger partial charge in [-0.15, -0.1) is 0 Å². The molecular weight excluding hydrogens is 247 g/mol. The number of alkyl halides is 3. The third-order valence-electron chi connectivity index (χ3n) is 3.14. The van der Waals surface area contributed by atoms with Gasteiger partial charge in [0.15, 0.2) is 0 Å². The fourth-order valence-corrected chi connectivity index (χ4v) is 2.20. The number of carboxylic acids is 1. The number of hydrogen-bond donors (Lipinski definition) is 2. The van der Waals surface area contributed by atoms with Crippen LogP contribution >= 0.6 is 0 Å². The Morgan fingerprint density at radius 2 is 1.89 bits per heavy atom. The van der Waals surface area contributed by atoms with Crippen molar-refractivity contribution in [3.63, 3.8) is 0 Å². The molecule has 18 heavy (non-hydrogen) atoms. The second-order valence-corrected chi connectivity index (χ2v) is 4.28. The summed E-state index contributed by atoms with van der Waals surface area (Å²) in [6.45, 7) is 0.558. The molecule has 6 heteroatoms. The van der Waals surface area contributed by atoms with Crippen LogP contribution in [-0.2, 0) is 11.0 Å². The molecule has 1 fully saturated rings. The van der Waals surface area contributed by atoms with E-state index in [0.717, 1.165) is 12.1 Å². The van der Waals surface area contributed by atoms with Gasteiger partial charge in [0.05, 0.1) is 11.5 Å². The summed E-state index contributed by atoms with van der Waals surface area (Å²) in [5.74, 6) is -1.51. The minimum Gasteiger partial charge on any atom is -0.481 e. The smallest absolute Gasteiger partial charge is 0.416 e. The zero-order valence-corrected chi connectivity index (χ0v) is 9.37. The number of halogens is 3. The van der Waals surface area contributed by atoms with Crippen LogP contribution in [0.15, 0.2) is 24.3 Å². The van der Waals surface area contributed by atoms with Crippen molar-refractivity contribution < 1.29 is 23.1 Å². The van der Waals surface area contributed by atoms with Gasteiger partial charge in [0, 0.05) is 6.04 Å². The first-order valence-corrected chi connectivity index (χ1v) is 5.53. The van der Waals surface area contributed by atoms with Crippen LogP contribution in [0.1, 0.15) is 23.6 Å². The van der Waals surface area contributed by atoms with Crippen molar-refractivity contribution in [3.8, 4) is 0 Å². The predicted octanol–water partition coefficient (Wildman–Crippen LogP) is 2.44. The van der Waals surface area contributed by atoms with Crippen LogP contribution in [-0.4, -0.2) is 17.6 Å². The van der Waals surface area contributed by atoms with E-state index in [9.17, 15) is 18.0 Å². The van der Waals surface area contributed by atoms with E-state index in [-0.39, 0.29) is 0 Å². The van der Waals surface area contributed by atoms with Crippen LogP contribution in [0.5, 0.6) is 0 Å². The molecule has 1 saturated heterocycles. The summed E-state index contributed by atoms with van der Waals surface area (Å²) in [5, 5.41) is 12.0. The molecule has 1 aliphatic heterocycles. The van der Waals surface area contributed by atoms with E-state index in [1.54, 1.807) is 0 Å². The Labute approximate surface area is 102 Å². The molecular formula is C12H12F3NO2. The second kappa shape index (κ2) is 4.61. The minimum absolute atomic E-state index is 0.412. The molecule has 1 heterocycles. The molecule has 1 aromatic rings. The van der Waals surface area contributed by atoms with E-state index in [1.807, 2.05) is 0 Å². The number of aliphatic carboxylic acids is 1. The first-order valence-electron chi connectivity index (χ1n) is 5.53. The summed E-state index contributed by atoms with van der Waals surface area (Å²) in [6.07, 6.45) is -3.88. The molecule has 0 bridgehead atoms. The predicted molar refractivity (Wildman–Crippen MR) is 57.9 cm³/mol. The van der Waals surface area contributed by atoms with Crippen molar-refractivity contribution in [2.24, 2.45) is 5.92 Å². The highest BCUT2D eigenvalue weighted by molar-refractivity contribution is 5.71. The molecule has 0 saturated carbocycles. The van der Waals surface area contributed by atoms with Gasteiger partial charge in [-0.05, 0) is 30.7 Å². The lowest BCUT2D eigenvalue weighted by atomic mass is 9.94. The van der Waals surface area contributed by atoms with Crippen molar-refractivity contribution in [1.82, 2.24) is 5.32 Å². The average molecular weight is 259 g/mol. The quantitative estimate of drug-likeness (QED) is 0.857. The summed E-state index contributed by atoms with van der Waals surface area (Å²) in [7, 11) is 0. The number of carbonyl (C=O) groups is 1. The molecule has 0 radical (unpaired) electrons. The van der Waals surface area contributed by atoms with Crippen LogP contribution in [0.2, 0.25) is 0 Å². The number of hydrogen-bond acceptors (Lipinski definition) is 2. The number of carboxylic acid groups (broad SMARTS) is 1. The Balaban J connectivity index is 2.22. The fraction of sp³-hybridized carbons (Fsp3) is 0.417. The molecule has 1 aromatic carbocycles. The molecule has 2 unspecified atom stereocenters. The highest BCUT2D eigenvalue weighted by atomic mass is 19.4. The lowest BCUT2D eigenvalue weighted by Gasteiger charge is -2.17. The molecule has 1 aliphatic rings. The van der Waals surface area contributed by atoms with Gasteiger partial charge in [0.25, 0.3) is 0 Å². The summed E-state index contributed by atoms with van der Waals surface area (Å²) >= 11 is 0. The van der Waals surface area contributed by atoms with Gasteiger partial charge in [0.2, 0.25) is 0 Å². The van der Waals surface area contributed by atoms with Gasteiger partial charge in [-0.25, -0.2) is 0 Å². The van der Waals surface area contributed by atoms with Crippen LogP contribution in [0.4, 0.5) is 13.2 Å². The molecule has 0 amide bonds. The molecule has 0 aliphatic carbocycles. The number of rotatable bonds is 2. The van der Waals surface area contributed by atoms with Gasteiger partial charge in [-0.3, -0.25) is 4.79 Å². The lowest BCUT2D eigenvalue weighted by Crippen LogP contribution is -2.23. The van der Waals surface area contributed by atoms with Gasteiger partial charge in [0.1, 0.15) is 0 Å². The lowest BCUT2D eigenvalue weighted by molar-refractivity contribution is -0.142. The molecule has 2 N–H and O–H groups in total. The van der Waals surface area contributed by atoms with Crippen LogP contribution in [0.3, 0.4) is 0 Å². The van der Waals surface area contributed by atoms with Crippen LogP contribution in [0.25, 0.3) is 0 Å². The first-order chi connectivity index (χ1) is 8.39. The summed E-state index contributed by atoms with van der Waals surface area (Å²) in [6, 6.07) is 4.22. The fourth-order valence-electron chi connectivity index (χ4n) is 2.20. The van der Waals surface area contributed by atoms with Crippen molar-refractivity contribution in [2.75, 3.05) is 6.54 Å². The number of benzene rings is 1. The topological polar surface area (TPSA) is 49.3 Å². The van der Waals surface area contributed by atoms with Crippen molar-refractivity contribution in [3.05, 3.63) is 35.4 Å². The summed E-state index contributed by atoms with van der Waals surface area (Å²) in [4.78, 5) is 11.0. The first kappa shape index (κ1) is 12.9. The third-order valence-corrected chi connectivity index (χ3v) is 3.14. The monoisotopic (exact) mass is 259 g/mol. The molecule has 3 nitrogen and oxygen atoms in total. The largest absolute Gasteiger partial charge is 0.481 e. The Hall–Kier alpha value is -1.56. The normalized spacial score (nSPS) is 24.2. The Bertz CT molecular complexity index is 442. The van der Waals surface area contributed by atoms with Crippen LogP contribution in [0, 0.1) is 5.92 Å². The molecule has 2 atom stereocenters. The second-order valence-electron chi connectivity index (χ2n) is 4.28. The Morgan fingerprint density at radius 3 is 2.39 bits per heavy atom. The maximum Gasteiger partial charge on any atom is 0.416 e. The van der Waals surface area contributed by atoms with Gasteiger partial charge >= 0.3 is 12.1 Å². The minimum atomic E-state index is -4.37. The van der Waals surface area contributed by atoms with E-state index in [4.69, 9.17) is 5.11 Å². The van der Waals surface area contributed by atoms with Crippen molar-refractivity contribution >= 4 is 5.97 Å². The zero-order valence-electron chi connectivity index (χ0n) is 9.37. The molecule has 0 aromatic heterocycles. The van der Waals surface area contributed by atoms with E-state index in [2.05, 4.69) is 5.32 Å². The Morgan fingerprint density at radius 1 is 1.28 bits per heavy atom. The zero-order chi connectivity index (χ0) is 13.3. The maximum absolute atomic E-state index is 12.4. The van der Waals surface area contributed by atoms with Crippen molar-refractivity contribution in [1.29, 1.82) is 0 Å². The summed E-state index contributed by atoms with van der Waals surface area (Å²) in [5.41, 5.74) is -0.149. The van der Waals surface area contributed by atoms with E-state index >= 15 is 0 Å². The SMILES string of the molecule is O=C(O)C1CCNC1c1ccc(C(F)(F)F)cc1. The average Bonchev–Trinajstić information content (AvgIpc) is 2.77. The standard InChI is InChI=1S/C12H12F3NO2/c13-12(14,15)8-3-1-7(2-4-8)10-9(11(17)18)5-6-16-10/h1-4,9-10,16H,5-6H2,(H,17,18). The van der Waals surface area contributed by atoms with Gasteiger partial charge in [-0.1, -0.05) is 12.1 Å². The van der Waals surface area contributed by atoms with E-state index in [0.29, 0.717) is 18.5 Å². The van der Waals surface area contributed by atoms with Gasteiger partial charge in [-0.2, -0.15) is 13.2 Å². The highest BCUT2D eigenvalue weighted by Crippen LogP contribution is 2.33. The summed E-state index contributed by atoms with van der Waals surface area (Å²) < 4.78 is 37.2. The van der Waals surface area contributed by atoms with Gasteiger partial charge < -0.3 is 10.4 Å². The highest BCUT2D eigenvalue weighted by Gasteiger charge is 2.35. The van der Waals surface area contributed by atoms with E-state index < -0.39 is 29.7 Å². The van der Waals surface area contributed by atoms with Crippen LogP contribution < -0.4 is 5.32 Å². The van der Waals surface area contributed by atoms with E-state index in [1.165, 1.54) is 12.1 Å².